The van der Waals surface area contributed by atoms with Crippen molar-refractivity contribution in [1.29, 1.82) is 0 Å². The normalized spacial score (nSPS) is 25.8. The molecule has 158 valence electrons. The molecule has 4 heteroatoms. The zero-order valence-electron chi connectivity index (χ0n) is 17.9. The predicted octanol–water partition coefficient (Wildman–Crippen LogP) is 4.21. The van der Waals surface area contributed by atoms with Crippen LogP contribution in [0.25, 0.3) is 0 Å². The van der Waals surface area contributed by atoms with Crippen molar-refractivity contribution in [2.75, 3.05) is 26.7 Å². The molecule has 6 rings (SSSR count). The third-order valence-electron chi connectivity index (χ3n) is 7.90. The summed E-state index contributed by atoms with van der Waals surface area (Å²) in [5.74, 6) is 1.06. The Balaban J connectivity index is 1.29. The fourth-order valence-electron chi connectivity index (χ4n) is 6.45. The van der Waals surface area contributed by atoms with Gasteiger partial charge in [-0.25, -0.2) is 4.98 Å². The monoisotopic (exact) mass is 412 g/mol. The standard InChI is InChI=1S/C27H28N2O2/c1-31-25-24(11-6-14-28-25)27(30)12-15-29(16-13-27)18-26-17-21(19-7-2-4-9-22(19)26)20-8-3-5-10-23(20)26/h2-11,14,21,30H,12-13,15-18H2,1H3. The third-order valence-corrected chi connectivity index (χ3v) is 7.90. The number of aromatic nitrogens is 1. The molecule has 0 unspecified atom stereocenters. The Morgan fingerprint density at radius 1 is 0.935 bits per heavy atom. The maximum absolute atomic E-state index is 11.4. The van der Waals surface area contributed by atoms with Crippen molar-refractivity contribution in [3.05, 3.63) is 94.7 Å². The number of benzene rings is 2. The molecule has 1 N–H and O–H groups in total. The highest BCUT2D eigenvalue weighted by molar-refractivity contribution is 5.62. The van der Waals surface area contributed by atoms with Gasteiger partial charge in [0.25, 0.3) is 0 Å². The summed E-state index contributed by atoms with van der Waals surface area (Å²) in [7, 11) is 1.62. The smallest absolute Gasteiger partial charge is 0.219 e. The quantitative estimate of drug-likeness (QED) is 0.697. The molecule has 2 heterocycles. The molecule has 1 aliphatic heterocycles. The molecular weight excluding hydrogens is 384 g/mol. The lowest BCUT2D eigenvalue weighted by Gasteiger charge is -2.42. The van der Waals surface area contributed by atoms with Crippen LogP contribution in [0.15, 0.2) is 66.9 Å². The van der Waals surface area contributed by atoms with Gasteiger partial charge in [-0.3, -0.25) is 0 Å². The first kappa shape index (κ1) is 19.0. The number of methoxy groups -OCH3 is 1. The van der Waals surface area contributed by atoms with E-state index in [2.05, 4.69) is 58.4 Å². The van der Waals surface area contributed by atoms with E-state index in [4.69, 9.17) is 4.74 Å². The SMILES string of the molecule is COc1ncccc1C1(O)CCN(CC23CC(c4ccccc42)c2ccccc23)CC1. The zero-order chi connectivity index (χ0) is 21.1. The Labute approximate surface area is 183 Å². The van der Waals surface area contributed by atoms with Crippen LogP contribution in [0.1, 0.15) is 53.0 Å². The Morgan fingerprint density at radius 2 is 1.55 bits per heavy atom. The number of fused-ring (bicyclic) bond motifs is 8. The molecule has 1 saturated heterocycles. The van der Waals surface area contributed by atoms with Gasteiger partial charge < -0.3 is 14.7 Å². The number of nitrogens with zero attached hydrogens (tertiary/aromatic N) is 2. The topological polar surface area (TPSA) is 45.6 Å². The Hall–Kier alpha value is -2.69. The second-order valence-electron chi connectivity index (χ2n) is 9.38. The number of pyridine rings is 1. The van der Waals surface area contributed by atoms with Crippen LogP contribution in [0.3, 0.4) is 0 Å². The van der Waals surface area contributed by atoms with Crippen LogP contribution < -0.4 is 4.74 Å². The summed E-state index contributed by atoms with van der Waals surface area (Å²) in [4.78, 5) is 6.86. The number of ether oxygens (including phenoxy) is 1. The van der Waals surface area contributed by atoms with Crippen molar-refractivity contribution in [3.8, 4) is 5.88 Å². The van der Waals surface area contributed by atoms with Crippen molar-refractivity contribution >= 4 is 0 Å². The first-order valence-electron chi connectivity index (χ1n) is 11.3. The van der Waals surface area contributed by atoms with Crippen LogP contribution >= 0.6 is 0 Å². The molecule has 0 radical (unpaired) electrons. The number of rotatable bonds is 4. The summed E-state index contributed by atoms with van der Waals surface area (Å²) in [6.07, 6.45) is 4.27. The lowest BCUT2D eigenvalue weighted by Crippen LogP contribution is -2.48. The van der Waals surface area contributed by atoms with E-state index >= 15 is 0 Å². The first-order chi connectivity index (χ1) is 15.1. The van der Waals surface area contributed by atoms with Crippen LogP contribution in [-0.4, -0.2) is 41.7 Å². The highest BCUT2D eigenvalue weighted by atomic mass is 16.5. The van der Waals surface area contributed by atoms with Gasteiger partial charge >= 0.3 is 0 Å². The van der Waals surface area contributed by atoms with Crippen LogP contribution in [0.5, 0.6) is 5.88 Å². The first-order valence-corrected chi connectivity index (χ1v) is 11.3. The minimum absolute atomic E-state index is 0.0688. The summed E-state index contributed by atoms with van der Waals surface area (Å²) >= 11 is 0. The van der Waals surface area contributed by atoms with E-state index in [0.717, 1.165) is 25.2 Å². The van der Waals surface area contributed by atoms with Gasteiger partial charge in [-0.1, -0.05) is 48.5 Å². The molecule has 0 saturated carbocycles. The van der Waals surface area contributed by atoms with Crippen LogP contribution in [-0.2, 0) is 11.0 Å². The molecular formula is C27H28N2O2. The summed E-state index contributed by atoms with van der Waals surface area (Å²) in [6, 6.07) is 21.9. The van der Waals surface area contributed by atoms with Crippen molar-refractivity contribution < 1.29 is 9.84 Å². The number of hydrogen-bond donors (Lipinski definition) is 1. The van der Waals surface area contributed by atoms with E-state index in [9.17, 15) is 5.11 Å². The fraction of sp³-hybridized carbons (Fsp3) is 0.370. The molecule has 2 aromatic carbocycles. The lowest BCUT2D eigenvalue weighted by atomic mass is 9.74. The van der Waals surface area contributed by atoms with Crippen molar-refractivity contribution in [3.63, 3.8) is 0 Å². The van der Waals surface area contributed by atoms with Gasteiger partial charge in [0.15, 0.2) is 0 Å². The van der Waals surface area contributed by atoms with Gasteiger partial charge in [-0.05, 0) is 53.6 Å². The predicted molar refractivity (Wildman–Crippen MR) is 120 cm³/mol. The van der Waals surface area contributed by atoms with Gasteiger partial charge in [-0.2, -0.15) is 0 Å². The molecule has 2 aliphatic carbocycles. The molecule has 0 atom stereocenters. The van der Waals surface area contributed by atoms with Crippen LogP contribution in [0, 0.1) is 0 Å². The van der Waals surface area contributed by atoms with Gasteiger partial charge in [0, 0.05) is 42.7 Å². The van der Waals surface area contributed by atoms with Crippen LogP contribution in [0.2, 0.25) is 0 Å². The van der Waals surface area contributed by atoms with E-state index in [1.54, 1.807) is 13.3 Å². The average Bonchev–Trinajstić information content (AvgIpc) is 3.33. The molecule has 0 spiro atoms. The van der Waals surface area contributed by atoms with E-state index in [0.29, 0.717) is 24.6 Å². The van der Waals surface area contributed by atoms with Crippen LogP contribution in [0.4, 0.5) is 0 Å². The van der Waals surface area contributed by atoms with E-state index in [1.807, 2.05) is 12.1 Å². The largest absolute Gasteiger partial charge is 0.481 e. The number of piperidine rings is 1. The Kier molecular flexibility index (Phi) is 4.24. The molecule has 1 fully saturated rings. The maximum atomic E-state index is 11.4. The molecule has 3 aliphatic rings. The average molecular weight is 413 g/mol. The highest BCUT2D eigenvalue weighted by Gasteiger charge is 2.53. The molecule has 2 bridgehead atoms. The molecule has 3 aromatic rings. The summed E-state index contributed by atoms with van der Waals surface area (Å²) in [6.45, 7) is 2.74. The molecule has 0 amide bonds. The fourth-order valence-corrected chi connectivity index (χ4v) is 6.45. The van der Waals surface area contributed by atoms with E-state index < -0.39 is 5.60 Å². The number of likely N-dealkylation sites (tertiary alicyclic amines) is 1. The van der Waals surface area contributed by atoms with Gasteiger partial charge in [0.1, 0.15) is 0 Å². The van der Waals surface area contributed by atoms with Gasteiger partial charge in [0.05, 0.1) is 12.7 Å². The molecule has 31 heavy (non-hydrogen) atoms. The second kappa shape index (κ2) is 6.91. The van der Waals surface area contributed by atoms with Crippen molar-refractivity contribution in [1.82, 2.24) is 9.88 Å². The summed E-state index contributed by atoms with van der Waals surface area (Å²) < 4.78 is 5.43. The summed E-state index contributed by atoms with van der Waals surface area (Å²) in [5, 5.41) is 11.4. The van der Waals surface area contributed by atoms with Gasteiger partial charge in [0.2, 0.25) is 5.88 Å². The number of hydrogen-bond acceptors (Lipinski definition) is 4. The number of aliphatic hydroxyl groups is 1. The zero-order valence-corrected chi connectivity index (χ0v) is 17.9. The highest BCUT2D eigenvalue weighted by Crippen LogP contribution is 2.60. The summed E-state index contributed by atoms with van der Waals surface area (Å²) in [5.41, 5.74) is 6.04. The minimum Gasteiger partial charge on any atom is -0.481 e. The Bertz CT molecular complexity index is 1090. The van der Waals surface area contributed by atoms with Crippen molar-refractivity contribution in [2.24, 2.45) is 0 Å². The van der Waals surface area contributed by atoms with Gasteiger partial charge in [-0.15, -0.1) is 0 Å². The van der Waals surface area contributed by atoms with E-state index in [1.165, 1.54) is 28.7 Å². The maximum Gasteiger partial charge on any atom is 0.219 e. The van der Waals surface area contributed by atoms with E-state index in [-0.39, 0.29) is 5.41 Å². The lowest BCUT2D eigenvalue weighted by molar-refractivity contribution is -0.0308. The molecule has 4 nitrogen and oxygen atoms in total. The minimum atomic E-state index is -0.878. The second-order valence-corrected chi connectivity index (χ2v) is 9.38. The van der Waals surface area contributed by atoms with Crippen molar-refractivity contribution in [2.45, 2.75) is 36.2 Å². The molecule has 1 aromatic heterocycles. The third kappa shape index (κ3) is 2.71. The Morgan fingerprint density at radius 3 is 2.19 bits per heavy atom.